The first-order chi connectivity index (χ1) is 8.72. The summed E-state index contributed by atoms with van der Waals surface area (Å²) in [6.07, 6.45) is 0. The van der Waals surface area contributed by atoms with Crippen LogP contribution < -0.4 is 10.6 Å². The SMILES string of the molecule is CNc1cccc(Nc2ccc(F)cc2C#N)n1. The van der Waals surface area contributed by atoms with E-state index in [-0.39, 0.29) is 5.56 Å². The highest BCUT2D eigenvalue weighted by Crippen LogP contribution is 2.20. The lowest BCUT2D eigenvalue weighted by Crippen LogP contribution is -1.99. The van der Waals surface area contributed by atoms with Crippen molar-refractivity contribution in [1.82, 2.24) is 4.98 Å². The van der Waals surface area contributed by atoms with E-state index in [9.17, 15) is 4.39 Å². The van der Waals surface area contributed by atoms with Crippen molar-refractivity contribution in [2.24, 2.45) is 0 Å². The largest absolute Gasteiger partial charge is 0.373 e. The molecule has 0 radical (unpaired) electrons. The van der Waals surface area contributed by atoms with Crippen molar-refractivity contribution in [3.05, 3.63) is 47.8 Å². The molecule has 0 saturated carbocycles. The van der Waals surface area contributed by atoms with E-state index >= 15 is 0 Å². The van der Waals surface area contributed by atoms with Crippen LogP contribution >= 0.6 is 0 Å². The van der Waals surface area contributed by atoms with Crippen molar-refractivity contribution in [2.45, 2.75) is 0 Å². The van der Waals surface area contributed by atoms with Crippen LogP contribution in [0.5, 0.6) is 0 Å². The van der Waals surface area contributed by atoms with Crippen molar-refractivity contribution >= 4 is 17.3 Å². The van der Waals surface area contributed by atoms with Crippen molar-refractivity contribution in [1.29, 1.82) is 5.26 Å². The van der Waals surface area contributed by atoms with Gasteiger partial charge in [-0.2, -0.15) is 5.26 Å². The lowest BCUT2D eigenvalue weighted by atomic mass is 10.2. The number of pyridine rings is 1. The third-order valence-corrected chi connectivity index (χ3v) is 2.37. The van der Waals surface area contributed by atoms with E-state index in [0.29, 0.717) is 17.3 Å². The highest BCUT2D eigenvalue weighted by Gasteiger charge is 2.04. The van der Waals surface area contributed by atoms with E-state index in [1.807, 2.05) is 18.2 Å². The second-order valence-electron chi connectivity index (χ2n) is 3.58. The minimum Gasteiger partial charge on any atom is -0.373 e. The third-order valence-electron chi connectivity index (χ3n) is 2.37. The predicted molar refractivity (Wildman–Crippen MR) is 68.2 cm³/mol. The summed E-state index contributed by atoms with van der Waals surface area (Å²) in [5.41, 5.74) is 0.770. The van der Waals surface area contributed by atoms with Crippen molar-refractivity contribution < 1.29 is 4.39 Å². The highest BCUT2D eigenvalue weighted by molar-refractivity contribution is 5.65. The Morgan fingerprint density at radius 3 is 2.72 bits per heavy atom. The first-order valence-electron chi connectivity index (χ1n) is 5.34. The van der Waals surface area contributed by atoms with Crippen LogP contribution in [0, 0.1) is 17.1 Å². The standard InChI is InChI=1S/C13H11FN4/c1-16-12-3-2-4-13(18-12)17-11-6-5-10(14)7-9(11)8-15/h2-7H,1H3,(H2,16,17,18). The molecular formula is C13H11FN4. The van der Waals surface area contributed by atoms with Gasteiger partial charge in [0, 0.05) is 7.05 Å². The number of benzene rings is 1. The quantitative estimate of drug-likeness (QED) is 0.868. The van der Waals surface area contributed by atoms with Crippen LogP contribution in [0.25, 0.3) is 0 Å². The fourth-order valence-electron chi connectivity index (χ4n) is 1.50. The van der Waals surface area contributed by atoms with Crippen molar-refractivity contribution in [2.75, 3.05) is 17.7 Å². The molecule has 2 rings (SSSR count). The summed E-state index contributed by atoms with van der Waals surface area (Å²) >= 11 is 0. The van der Waals surface area contributed by atoms with Crippen LogP contribution in [-0.4, -0.2) is 12.0 Å². The number of nitriles is 1. The average molecular weight is 242 g/mol. The predicted octanol–water partition coefficient (Wildman–Crippen LogP) is 2.88. The number of rotatable bonds is 3. The number of nitrogens with one attached hydrogen (secondary N) is 2. The molecule has 18 heavy (non-hydrogen) atoms. The average Bonchev–Trinajstić information content (AvgIpc) is 2.41. The Labute approximate surface area is 104 Å². The zero-order chi connectivity index (χ0) is 13.0. The van der Waals surface area contributed by atoms with Gasteiger partial charge in [-0.05, 0) is 30.3 Å². The monoisotopic (exact) mass is 242 g/mol. The summed E-state index contributed by atoms with van der Waals surface area (Å²) in [5, 5.41) is 14.8. The topological polar surface area (TPSA) is 60.7 Å². The molecule has 0 bridgehead atoms. The lowest BCUT2D eigenvalue weighted by molar-refractivity contribution is 0.627. The molecule has 1 aromatic carbocycles. The minimum atomic E-state index is -0.436. The molecule has 5 heteroatoms. The Balaban J connectivity index is 2.31. The Morgan fingerprint density at radius 1 is 1.22 bits per heavy atom. The lowest BCUT2D eigenvalue weighted by Gasteiger charge is -2.08. The van der Waals surface area contributed by atoms with E-state index < -0.39 is 5.82 Å². The van der Waals surface area contributed by atoms with E-state index in [1.54, 1.807) is 13.1 Å². The molecular weight excluding hydrogens is 231 g/mol. The summed E-state index contributed by atoms with van der Waals surface area (Å²) in [7, 11) is 1.77. The number of halogens is 1. The van der Waals surface area contributed by atoms with Gasteiger partial charge in [0.2, 0.25) is 0 Å². The number of nitrogens with zero attached hydrogens (tertiary/aromatic N) is 2. The highest BCUT2D eigenvalue weighted by atomic mass is 19.1. The Bertz CT molecular complexity index is 604. The second-order valence-corrected chi connectivity index (χ2v) is 3.58. The van der Waals surface area contributed by atoms with E-state index in [1.165, 1.54) is 18.2 Å². The van der Waals surface area contributed by atoms with Crippen LogP contribution in [0.1, 0.15) is 5.56 Å². The van der Waals surface area contributed by atoms with Crippen molar-refractivity contribution in [3.8, 4) is 6.07 Å². The fraction of sp³-hybridized carbons (Fsp3) is 0.0769. The van der Waals surface area contributed by atoms with Gasteiger partial charge in [0.25, 0.3) is 0 Å². The van der Waals surface area contributed by atoms with Crippen molar-refractivity contribution in [3.63, 3.8) is 0 Å². The first-order valence-corrected chi connectivity index (χ1v) is 5.34. The summed E-state index contributed by atoms with van der Waals surface area (Å²) in [6, 6.07) is 11.4. The van der Waals surface area contributed by atoms with Gasteiger partial charge in [-0.3, -0.25) is 0 Å². The molecule has 0 fully saturated rings. The number of hydrogen-bond acceptors (Lipinski definition) is 4. The molecule has 4 nitrogen and oxygen atoms in total. The zero-order valence-electron chi connectivity index (χ0n) is 9.74. The normalized spacial score (nSPS) is 9.61. The van der Waals surface area contributed by atoms with Crippen LogP contribution in [0.4, 0.5) is 21.7 Å². The van der Waals surface area contributed by atoms with Crippen LogP contribution in [0.2, 0.25) is 0 Å². The maximum Gasteiger partial charge on any atom is 0.132 e. The molecule has 0 spiro atoms. The molecule has 0 amide bonds. The van der Waals surface area contributed by atoms with Gasteiger partial charge in [0.15, 0.2) is 0 Å². The molecule has 0 saturated heterocycles. The molecule has 0 atom stereocenters. The molecule has 2 N–H and O–H groups in total. The first kappa shape index (κ1) is 11.9. The zero-order valence-corrected chi connectivity index (χ0v) is 9.74. The molecule has 0 aliphatic carbocycles. The second kappa shape index (κ2) is 5.15. The van der Waals surface area contributed by atoms with Gasteiger partial charge in [0.05, 0.1) is 11.3 Å². The molecule has 1 aromatic heterocycles. The van der Waals surface area contributed by atoms with Gasteiger partial charge >= 0.3 is 0 Å². The number of aromatic nitrogens is 1. The molecule has 2 aromatic rings. The van der Waals surface area contributed by atoms with Crippen LogP contribution in [-0.2, 0) is 0 Å². The molecule has 1 heterocycles. The Kier molecular flexibility index (Phi) is 3.39. The van der Waals surface area contributed by atoms with Crippen LogP contribution in [0.3, 0.4) is 0 Å². The maximum atomic E-state index is 13.0. The smallest absolute Gasteiger partial charge is 0.132 e. The number of hydrogen-bond donors (Lipinski definition) is 2. The van der Waals surface area contributed by atoms with Gasteiger partial charge in [-0.25, -0.2) is 9.37 Å². The maximum absolute atomic E-state index is 13.0. The molecule has 90 valence electrons. The summed E-state index contributed by atoms with van der Waals surface area (Å²) in [6.45, 7) is 0. The van der Waals surface area contributed by atoms with Gasteiger partial charge in [-0.1, -0.05) is 6.07 Å². The molecule has 0 aliphatic rings. The van der Waals surface area contributed by atoms with Crippen LogP contribution in [0.15, 0.2) is 36.4 Å². The van der Waals surface area contributed by atoms with E-state index in [0.717, 1.165) is 0 Å². The Morgan fingerprint density at radius 2 is 2.00 bits per heavy atom. The van der Waals surface area contributed by atoms with Gasteiger partial charge in [-0.15, -0.1) is 0 Å². The summed E-state index contributed by atoms with van der Waals surface area (Å²) in [5.74, 6) is 0.861. The molecule has 0 aliphatic heterocycles. The fourth-order valence-corrected chi connectivity index (χ4v) is 1.50. The summed E-state index contributed by atoms with van der Waals surface area (Å²) in [4.78, 5) is 4.26. The van der Waals surface area contributed by atoms with E-state index in [4.69, 9.17) is 5.26 Å². The Hall–Kier alpha value is -2.61. The minimum absolute atomic E-state index is 0.242. The third kappa shape index (κ3) is 2.55. The van der Waals surface area contributed by atoms with Gasteiger partial charge < -0.3 is 10.6 Å². The molecule has 0 unspecified atom stereocenters. The number of anilines is 3. The van der Waals surface area contributed by atoms with E-state index in [2.05, 4.69) is 15.6 Å². The van der Waals surface area contributed by atoms with Gasteiger partial charge in [0.1, 0.15) is 23.5 Å². The summed E-state index contributed by atoms with van der Waals surface area (Å²) < 4.78 is 13.0.